The predicted molar refractivity (Wildman–Crippen MR) is 129 cm³/mol. The van der Waals surface area contributed by atoms with Crippen LogP contribution in [0.5, 0.6) is 0 Å². The number of carbonyl (C=O) groups excluding carboxylic acids is 2. The van der Waals surface area contributed by atoms with Gasteiger partial charge in [-0.2, -0.15) is 23.0 Å². The molecular weight excluding hydrogens is 473 g/mol. The van der Waals surface area contributed by atoms with E-state index < -0.39 is 11.7 Å². The summed E-state index contributed by atoms with van der Waals surface area (Å²) in [6, 6.07) is 4.28. The number of anilines is 2. The number of likely N-dealkylation sites (tertiary alicyclic amines) is 2. The van der Waals surface area contributed by atoms with Gasteiger partial charge in [0.05, 0.1) is 23.6 Å². The van der Waals surface area contributed by atoms with E-state index in [0.29, 0.717) is 37.4 Å². The molecule has 3 aliphatic heterocycles. The molecule has 3 fully saturated rings. The van der Waals surface area contributed by atoms with Crippen molar-refractivity contribution in [3.05, 3.63) is 41.7 Å². The van der Waals surface area contributed by atoms with Crippen LogP contribution >= 0.6 is 0 Å². The van der Waals surface area contributed by atoms with Crippen LogP contribution in [0.15, 0.2) is 30.6 Å². The standard InChI is InChI=1S/C25H31F3N6O2/c1-17(35)30(2)22-10-29-34(16-22)24(36)33-14-19-12-31(13-20(19)15-33)11-18-9-21(32-7-3-4-8-32)5-6-23(18)25(26,27)28/h5-6,9-10,16,19-20H,3-4,7-8,11-15H2,1-2H3. The molecule has 3 aliphatic rings. The number of hydrogen-bond acceptors (Lipinski definition) is 5. The van der Waals surface area contributed by atoms with Crippen molar-refractivity contribution in [3.8, 4) is 0 Å². The van der Waals surface area contributed by atoms with Gasteiger partial charge in [-0.1, -0.05) is 0 Å². The van der Waals surface area contributed by atoms with Crippen molar-refractivity contribution >= 4 is 23.3 Å². The molecule has 2 atom stereocenters. The summed E-state index contributed by atoms with van der Waals surface area (Å²) < 4.78 is 42.5. The first-order chi connectivity index (χ1) is 17.1. The molecule has 194 valence electrons. The number of aromatic nitrogens is 2. The molecular formula is C25H31F3N6O2. The van der Waals surface area contributed by atoms with Gasteiger partial charge >= 0.3 is 12.2 Å². The molecule has 1 aromatic heterocycles. The lowest BCUT2D eigenvalue weighted by molar-refractivity contribution is -0.138. The van der Waals surface area contributed by atoms with E-state index in [1.807, 2.05) is 0 Å². The first-order valence-electron chi connectivity index (χ1n) is 12.4. The van der Waals surface area contributed by atoms with E-state index in [1.165, 1.54) is 35.0 Å². The Morgan fingerprint density at radius 3 is 2.36 bits per heavy atom. The molecule has 0 saturated carbocycles. The van der Waals surface area contributed by atoms with E-state index in [2.05, 4.69) is 14.9 Å². The molecule has 36 heavy (non-hydrogen) atoms. The van der Waals surface area contributed by atoms with Crippen LogP contribution in [0.2, 0.25) is 0 Å². The van der Waals surface area contributed by atoms with E-state index in [0.717, 1.165) is 31.6 Å². The maximum absolute atomic E-state index is 13.8. The SMILES string of the molecule is CC(=O)N(C)c1cnn(C(=O)N2CC3CN(Cc4cc(N5CCCC5)ccc4C(F)(F)F)CC3C2)c1. The minimum absolute atomic E-state index is 0.155. The van der Waals surface area contributed by atoms with E-state index in [-0.39, 0.29) is 30.3 Å². The number of halogens is 3. The lowest BCUT2D eigenvalue weighted by atomic mass is 10.0. The Bertz CT molecular complexity index is 1130. The Labute approximate surface area is 208 Å². The van der Waals surface area contributed by atoms with Crippen LogP contribution in [-0.4, -0.2) is 77.8 Å². The highest BCUT2D eigenvalue weighted by Crippen LogP contribution is 2.37. The second-order valence-corrected chi connectivity index (χ2v) is 10.2. The van der Waals surface area contributed by atoms with Gasteiger partial charge in [0.15, 0.2) is 0 Å². The van der Waals surface area contributed by atoms with E-state index in [4.69, 9.17) is 0 Å². The van der Waals surface area contributed by atoms with Crippen LogP contribution in [0.3, 0.4) is 0 Å². The summed E-state index contributed by atoms with van der Waals surface area (Å²) in [6.45, 7) is 5.82. The van der Waals surface area contributed by atoms with Gasteiger partial charge in [-0.25, -0.2) is 4.79 Å². The van der Waals surface area contributed by atoms with Crippen molar-refractivity contribution in [2.45, 2.75) is 32.5 Å². The van der Waals surface area contributed by atoms with Crippen molar-refractivity contribution in [1.29, 1.82) is 0 Å². The third-order valence-electron chi connectivity index (χ3n) is 7.72. The first-order valence-corrected chi connectivity index (χ1v) is 12.4. The van der Waals surface area contributed by atoms with Gasteiger partial charge in [-0.3, -0.25) is 9.69 Å². The maximum atomic E-state index is 13.8. The molecule has 8 nitrogen and oxygen atoms in total. The monoisotopic (exact) mass is 504 g/mol. The summed E-state index contributed by atoms with van der Waals surface area (Å²) in [7, 11) is 1.62. The molecule has 0 radical (unpaired) electrons. The van der Waals surface area contributed by atoms with Gasteiger partial charge in [-0.15, -0.1) is 0 Å². The van der Waals surface area contributed by atoms with Gasteiger partial charge in [0.25, 0.3) is 0 Å². The summed E-state index contributed by atoms with van der Waals surface area (Å²) in [5.41, 5.74) is 1.15. The second-order valence-electron chi connectivity index (χ2n) is 10.2. The third kappa shape index (κ3) is 4.80. The zero-order chi connectivity index (χ0) is 25.6. The first kappa shape index (κ1) is 24.6. The molecule has 0 aliphatic carbocycles. The average Bonchev–Trinajstić information content (AvgIpc) is 3.61. The quantitative estimate of drug-likeness (QED) is 0.638. The average molecular weight is 505 g/mol. The van der Waals surface area contributed by atoms with Crippen LogP contribution in [0, 0.1) is 11.8 Å². The zero-order valence-corrected chi connectivity index (χ0v) is 20.5. The van der Waals surface area contributed by atoms with E-state index in [9.17, 15) is 22.8 Å². The van der Waals surface area contributed by atoms with Crippen molar-refractivity contribution in [2.24, 2.45) is 11.8 Å². The lowest BCUT2D eigenvalue weighted by Crippen LogP contribution is -2.36. The van der Waals surface area contributed by atoms with Gasteiger partial charge < -0.3 is 14.7 Å². The molecule has 2 aromatic rings. The topological polar surface area (TPSA) is 64.9 Å². The molecule has 0 N–H and O–H groups in total. The summed E-state index contributed by atoms with van der Waals surface area (Å²) in [6.07, 6.45) is 0.752. The molecule has 4 heterocycles. The van der Waals surface area contributed by atoms with E-state index in [1.54, 1.807) is 24.1 Å². The number of hydrogen-bond donors (Lipinski definition) is 0. The fourth-order valence-corrected chi connectivity index (χ4v) is 5.69. The largest absolute Gasteiger partial charge is 0.416 e. The van der Waals surface area contributed by atoms with Crippen molar-refractivity contribution in [1.82, 2.24) is 19.6 Å². The van der Waals surface area contributed by atoms with Crippen LogP contribution in [-0.2, 0) is 17.5 Å². The summed E-state index contributed by atoms with van der Waals surface area (Å²) in [5.74, 6) is 0.261. The second kappa shape index (κ2) is 9.42. The number of benzene rings is 1. The van der Waals surface area contributed by atoms with Gasteiger partial charge in [0, 0.05) is 65.5 Å². The molecule has 3 saturated heterocycles. The van der Waals surface area contributed by atoms with Gasteiger partial charge in [-0.05, 0) is 48.4 Å². The molecule has 0 bridgehead atoms. The van der Waals surface area contributed by atoms with Gasteiger partial charge in [0.1, 0.15) is 0 Å². The van der Waals surface area contributed by atoms with Crippen molar-refractivity contribution in [3.63, 3.8) is 0 Å². The minimum Gasteiger partial charge on any atom is -0.372 e. The Morgan fingerprint density at radius 2 is 1.75 bits per heavy atom. The van der Waals surface area contributed by atoms with Gasteiger partial charge in [0.2, 0.25) is 5.91 Å². The Balaban J connectivity index is 1.24. The summed E-state index contributed by atoms with van der Waals surface area (Å²) in [5, 5.41) is 4.11. The summed E-state index contributed by atoms with van der Waals surface area (Å²) in [4.78, 5) is 31.9. The molecule has 2 unspecified atom stereocenters. The van der Waals surface area contributed by atoms with E-state index >= 15 is 0 Å². The Hall–Kier alpha value is -3.08. The molecule has 2 amide bonds. The number of rotatable bonds is 4. The normalized spacial score (nSPS) is 22.4. The van der Waals surface area contributed by atoms with Crippen LogP contribution in [0.1, 0.15) is 30.9 Å². The number of carbonyl (C=O) groups is 2. The number of nitrogens with zero attached hydrogens (tertiary/aromatic N) is 6. The van der Waals surface area contributed by atoms with Crippen molar-refractivity contribution in [2.75, 3.05) is 56.1 Å². The fourth-order valence-electron chi connectivity index (χ4n) is 5.69. The highest BCUT2D eigenvalue weighted by atomic mass is 19.4. The molecule has 0 spiro atoms. The van der Waals surface area contributed by atoms with Crippen molar-refractivity contribution < 1.29 is 22.8 Å². The molecule has 1 aromatic carbocycles. The predicted octanol–water partition coefficient (Wildman–Crippen LogP) is 3.52. The van der Waals surface area contributed by atoms with Crippen LogP contribution in [0.4, 0.5) is 29.3 Å². The van der Waals surface area contributed by atoms with Crippen LogP contribution < -0.4 is 9.80 Å². The maximum Gasteiger partial charge on any atom is 0.416 e. The zero-order valence-electron chi connectivity index (χ0n) is 20.5. The highest BCUT2D eigenvalue weighted by molar-refractivity contribution is 5.91. The number of alkyl halides is 3. The Kier molecular flexibility index (Phi) is 6.44. The smallest absolute Gasteiger partial charge is 0.372 e. The minimum atomic E-state index is -4.39. The lowest BCUT2D eigenvalue weighted by Gasteiger charge is -2.25. The fraction of sp³-hybridized carbons (Fsp3) is 0.560. The summed E-state index contributed by atoms with van der Waals surface area (Å²) >= 11 is 0. The third-order valence-corrected chi connectivity index (χ3v) is 7.72. The Morgan fingerprint density at radius 1 is 1.08 bits per heavy atom. The molecule has 11 heteroatoms. The number of fused-ring (bicyclic) bond motifs is 1. The highest BCUT2D eigenvalue weighted by Gasteiger charge is 2.43. The molecule has 5 rings (SSSR count). The van der Waals surface area contributed by atoms with Crippen LogP contribution in [0.25, 0.3) is 0 Å². The number of amides is 2.